The van der Waals surface area contributed by atoms with Crippen LogP contribution >= 0.6 is 15.9 Å². The number of hydrogen-bond acceptors (Lipinski definition) is 2. The third kappa shape index (κ3) is 2.35. The minimum Gasteiger partial charge on any atom is -0.309 e. The van der Waals surface area contributed by atoms with E-state index in [4.69, 9.17) is 0 Å². The third-order valence-corrected chi connectivity index (χ3v) is 6.13. The van der Waals surface area contributed by atoms with E-state index in [0.29, 0.717) is 0 Å². The number of rotatable bonds is 4. The van der Waals surface area contributed by atoms with Crippen molar-refractivity contribution in [2.75, 3.05) is 6.54 Å². The van der Waals surface area contributed by atoms with E-state index < -0.39 is 10.8 Å². The van der Waals surface area contributed by atoms with Crippen molar-refractivity contribution in [2.45, 2.75) is 42.9 Å². The first-order valence-electron chi connectivity index (χ1n) is 6.13. The Kier molecular flexibility index (Phi) is 4.39. The van der Waals surface area contributed by atoms with Crippen LogP contribution in [0, 0.1) is 0 Å². The van der Waals surface area contributed by atoms with Crippen molar-refractivity contribution < 1.29 is 4.21 Å². The van der Waals surface area contributed by atoms with E-state index in [1.165, 1.54) is 5.56 Å². The number of hydrogen-bond donors (Lipinski definition) is 1. The van der Waals surface area contributed by atoms with Crippen LogP contribution in [-0.2, 0) is 10.8 Å². The van der Waals surface area contributed by atoms with Gasteiger partial charge in [-0.05, 0) is 46.9 Å². The van der Waals surface area contributed by atoms with Crippen LogP contribution in [0.4, 0.5) is 0 Å². The smallest absolute Gasteiger partial charge is 0.0595 e. The molecule has 0 radical (unpaired) electrons. The Bertz CT molecular complexity index is 435. The molecule has 1 aliphatic rings. The first kappa shape index (κ1) is 13.2. The fourth-order valence-corrected chi connectivity index (χ4v) is 5.03. The molecule has 3 unspecified atom stereocenters. The molecule has 17 heavy (non-hydrogen) atoms. The molecule has 2 nitrogen and oxygen atoms in total. The van der Waals surface area contributed by atoms with Gasteiger partial charge in [-0.25, -0.2) is 0 Å². The number of benzene rings is 1. The number of halogens is 1. The maximum atomic E-state index is 12.5. The molecule has 3 atom stereocenters. The molecular weight excluding hydrogens is 298 g/mol. The number of fused-ring (bicyclic) bond motifs is 1. The fourth-order valence-electron chi connectivity index (χ4n) is 2.39. The van der Waals surface area contributed by atoms with Crippen LogP contribution < -0.4 is 5.32 Å². The molecule has 94 valence electrons. The zero-order valence-electron chi connectivity index (χ0n) is 10.2. The van der Waals surface area contributed by atoms with Crippen LogP contribution in [0.15, 0.2) is 27.6 Å². The Hall–Kier alpha value is -0.190. The average molecular weight is 316 g/mol. The molecule has 1 aromatic rings. The predicted molar refractivity (Wildman–Crippen MR) is 75.7 cm³/mol. The van der Waals surface area contributed by atoms with Gasteiger partial charge in [-0.3, -0.25) is 4.21 Å². The summed E-state index contributed by atoms with van der Waals surface area (Å²) in [5, 5.41) is 3.74. The van der Waals surface area contributed by atoms with Crippen LogP contribution in [0.1, 0.15) is 38.3 Å². The monoisotopic (exact) mass is 315 g/mol. The Morgan fingerprint density at radius 2 is 2.18 bits per heavy atom. The molecule has 0 spiro atoms. The van der Waals surface area contributed by atoms with E-state index in [1.54, 1.807) is 0 Å². The van der Waals surface area contributed by atoms with Crippen molar-refractivity contribution >= 4 is 26.7 Å². The zero-order valence-corrected chi connectivity index (χ0v) is 12.6. The van der Waals surface area contributed by atoms with Crippen LogP contribution in [0.5, 0.6) is 0 Å². The van der Waals surface area contributed by atoms with Crippen molar-refractivity contribution in [2.24, 2.45) is 0 Å². The second-order valence-electron chi connectivity index (χ2n) is 4.33. The largest absolute Gasteiger partial charge is 0.309 e. The second kappa shape index (κ2) is 5.63. The summed E-state index contributed by atoms with van der Waals surface area (Å²) in [5.41, 5.74) is 1.21. The topological polar surface area (TPSA) is 29.1 Å². The lowest BCUT2D eigenvalue weighted by Gasteiger charge is -2.19. The van der Waals surface area contributed by atoms with Crippen LogP contribution in [0.3, 0.4) is 0 Å². The lowest BCUT2D eigenvalue weighted by Crippen LogP contribution is -2.30. The summed E-state index contributed by atoms with van der Waals surface area (Å²) >= 11 is 3.52. The highest BCUT2D eigenvalue weighted by molar-refractivity contribution is 9.10. The highest BCUT2D eigenvalue weighted by Crippen LogP contribution is 2.41. The van der Waals surface area contributed by atoms with Gasteiger partial charge in [0.25, 0.3) is 0 Å². The van der Waals surface area contributed by atoms with Gasteiger partial charge in [0.05, 0.1) is 20.9 Å². The minimum atomic E-state index is -0.890. The summed E-state index contributed by atoms with van der Waals surface area (Å²) in [4.78, 5) is 0.993. The Labute approximate surface area is 114 Å². The van der Waals surface area contributed by atoms with Crippen molar-refractivity contribution in [1.82, 2.24) is 5.32 Å². The summed E-state index contributed by atoms with van der Waals surface area (Å²) in [6, 6.07) is 6.35. The quantitative estimate of drug-likeness (QED) is 0.922. The van der Waals surface area contributed by atoms with Gasteiger partial charge in [0, 0.05) is 10.5 Å². The third-order valence-electron chi connectivity index (χ3n) is 3.20. The first-order valence-corrected chi connectivity index (χ1v) is 8.13. The lowest BCUT2D eigenvalue weighted by molar-refractivity contribution is 0.504. The zero-order chi connectivity index (χ0) is 12.4. The van der Waals surface area contributed by atoms with Crippen molar-refractivity contribution in [3.8, 4) is 0 Å². The summed E-state index contributed by atoms with van der Waals surface area (Å²) in [7, 11) is -0.890. The Morgan fingerprint density at radius 3 is 2.82 bits per heavy atom. The van der Waals surface area contributed by atoms with Gasteiger partial charge in [0.1, 0.15) is 0 Å². The molecule has 0 aromatic heterocycles. The van der Waals surface area contributed by atoms with Crippen molar-refractivity contribution in [3.63, 3.8) is 0 Å². The summed E-state index contributed by atoms with van der Waals surface area (Å²) in [6.07, 6.45) is 2.04. The van der Waals surface area contributed by atoms with E-state index in [0.717, 1.165) is 28.8 Å². The molecule has 0 saturated heterocycles. The molecule has 4 heteroatoms. The van der Waals surface area contributed by atoms with Gasteiger partial charge in [0.2, 0.25) is 0 Å². The highest BCUT2D eigenvalue weighted by Gasteiger charge is 2.38. The SMILES string of the molecule is CCCNC1c2cccc(Br)c2S(=O)C1CC. The molecule has 0 fully saturated rings. The molecule has 1 aliphatic heterocycles. The standard InChI is InChI=1S/C13H18BrNOS/c1-3-8-15-12-9-6-5-7-10(14)13(9)17(16)11(12)4-2/h5-7,11-12,15H,3-4,8H2,1-2H3. The van der Waals surface area contributed by atoms with Gasteiger partial charge in [0.15, 0.2) is 0 Å². The van der Waals surface area contributed by atoms with E-state index in [9.17, 15) is 4.21 Å². The maximum Gasteiger partial charge on any atom is 0.0595 e. The molecule has 0 amide bonds. The van der Waals surface area contributed by atoms with Crippen molar-refractivity contribution in [3.05, 3.63) is 28.2 Å². The second-order valence-corrected chi connectivity index (χ2v) is 6.80. The van der Waals surface area contributed by atoms with E-state index >= 15 is 0 Å². The van der Waals surface area contributed by atoms with Gasteiger partial charge >= 0.3 is 0 Å². The van der Waals surface area contributed by atoms with Gasteiger partial charge in [-0.2, -0.15) is 0 Å². The maximum absolute atomic E-state index is 12.5. The summed E-state index contributed by atoms with van der Waals surface area (Å²) < 4.78 is 13.4. The molecule has 1 N–H and O–H groups in total. The lowest BCUT2D eigenvalue weighted by atomic mass is 10.0. The van der Waals surface area contributed by atoms with E-state index in [1.807, 2.05) is 12.1 Å². The Balaban J connectivity index is 2.39. The van der Waals surface area contributed by atoms with E-state index in [2.05, 4.69) is 41.2 Å². The van der Waals surface area contributed by atoms with Crippen LogP contribution in [-0.4, -0.2) is 16.0 Å². The van der Waals surface area contributed by atoms with Crippen LogP contribution in [0.25, 0.3) is 0 Å². The van der Waals surface area contributed by atoms with Gasteiger partial charge < -0.3 is 5.32 Å². The summed E-state index contributed by atoms with van der Waals surface area (Å²) in [5.74, 6) is 0. The van der Waals surface area contributed by atoms with Crippen LogP contribution in [0.2, 0.25) is 0 Å². The molecule has 1 aromatic carbocycles. The molecule has 0 saturated carbocycles. The van der Waals surface area contributed by atoms with Crippen molar-refractivity contribution in [1.29, 1.82) is 0 Å². The average Bonchev–Trinajstić information content (AvgIpc) is 2.60. The molecule has 0 bridgehead atoms. The Morgan fingerprint density at radius 1 is 1.41 bits per heavy atom. The van der Waals surface area contributed by atoms with Gasteiger partial charge in [-0.1, -0.05) is 26.0 Å². The number of nitrogens with one attached hydrogen (secondary N) is 1. The molecular formula is C13H18BrNOS. The minimum absolute atomic E-state index is 0.204. The van der Waals surface area contributed by atoms with E-state index in [-0.39, 0.29) is 11.3 Å². The predicted octanol–water partition coefficient (Wildman–Crippen LogP) is 3.39. The fraction of sp³-hybridized carbons (Fsp3) is 0.538. The molecule has 0 aliphatic carbocycles. The summed E-state index contributed by atoms with van der Waals surface area (Å²) in [6.45, 7) is 5.25. The molecule has 2 rings (SSSR count). The first-order chi connectivity index (χ1) is 8.20. The highest BCUT2D eigenvalue weighted by atomic mass is 79.9. The molecule has 1 heterocycles. The van der Waals surface area contributed by atoms with Gasteiger partial charge in [-0.15, -0.1) is 0 Å². The normalized spacial score (nSPS) is 27.1.